The van der Waals surface area contributed by atoms with Crippen molar-refractivity contribution in [2.75, 3.05) is 7.11 Å². The SMILES string of the molecule is CCc1nc(C(=O)NC(CC)c2ccc(OC)cc2)n[nH]1. The van der Waals surface area contributed by atoms with Crippen LogP contribution in [0.15, 0.2) is 24.3 Å². The molecule has 1 amide bonds. The highest BCUT2D eigenvalue weighted by atomic mass is 16.5. The molecule has 0 bridgehead atoms. The van der Waals surface area contributed by atoms with Crippen molar-refractivity contribution in [3.63, 3.8) is 0 Å². The topological polar surface area (TPSA) is 79.9 Å². The van der Waals surface area contributed by atoms with E-state index in [4.69, 9.17) is 4.74 Å². The van der Waals surface area contributed by atoms with Gasteiger partial charge in [-0.3, -0.25) is 9.89 Å². The number of rotatable bonds is 6. The molecule has 0 radical (unpaired) electrons. The molecule has 0 aliphatic rings. The number of aryl methyl sites for hydroxylation is 1. The van der Waals surface area contributed by atoms with E-state index >= 15 is 0 Å². The van der Waals surface area contributed by atoms with Gasteiger partial charge in [-0.15, -0.1) is 5.10 Å². The molecule has 1 atom stereocenters. The van der Waals surface area contributed by atoms with Crippen molar-refractivity contribution in [1.82, 2.24) is 20.5 Å². The molecule has 0 aliphatic carbocycles. The number of hydrogen-bond acceptors (Lipinski definition) is 4. The third kappa shape index (κ3) is 3.59. The Labute approximate surface area is 123 Å². The van der Waals surface area contributed by atoms with Crippen LogP contribution in [0, 0.1) is 0 Å². The molecule has 0 spiro atoms. The molecule has 0 saturated heterocycles. The average molecular weight is 288 g/mol. The zero-order valence-electron chi connectivity index (χ0n) is 12.5. The average Bonchev–Trinajstić information content (AvgIpc) is 3.01. The van der Waals surface area contributed by atoms with Crippen LogP contribution in [0.4, 0.5) is 0 Å². The van der Waals surface area contributed by atoms with Crippen LogP contribution in [0.3, 0.4) is 0 Å². The Balaban J connectivity index is 2.08. The fourth-order valence-electron chi connectivity index (χ4n) is 2.04. The normalized spacial score (nSPS) is 12.0. The second kappa shape index (κ2) is 6.88. The molecule has 0 fully saturated rings. The number of carbonyl (C=O) groups excluding carboxylic acids is 1. The maximum atomic E-state index is 12.2. The van der Waals surface area contributed by atoms with E-state index in [1.807, 2.05) is 38.1 Å². The fraction of sp³-hybridized carbons (Fsp3) is 0.400. The third-order valence-corrected chi connectivity index (χ3v) is 3.30. The highest BCUT2D eigenvalue weighted by Gasteiger charge is 2.17. The predicted octanol–water partition coefficient (Wildman–Crippen LogP) is 2.26. The van der Waals surface area contributed by atoms with Crippen molar-refractivity contribution in [2.45, 2.75) is 32.7 Å². The summed E-state index contributed by atoms with van der Waals surface area (Å²) in [6.07, 6.45) is 1.50. The Morgan fingerprint density at radius 1 is 1.33 bits per heavy atom. The van der Waals surface area contributed by atoms with Gasteiger partial charge in [-0.25, -0.2) is 4.98 Å². The summed E-state index contributed by atoms with van der Waals surface area (Å²) < 4.78 is 5.14. The minimum atomic E-state index is -0.270. The zero-order chi connectivity index (χ0) is 15.2. The Bertz CT molecular complexity index is 592. The molecular weight excluding hydrogens is 268 g/mol. The highest BCUT2D eigenvalue weighted by molar-refractivity contribution is 5.90. The van der Waals surface area contributed by atoms with Crippen LogP contribution >= 0.6 is 0 Å². The summed E-state index contributed by atoms with van der Waals surface area (Å²) in [4.78, 5) is 16.3. The van der Waals surface area contributed by atoms with E-state index in [0.717, 1.165) is 24.2 Å². The molecule has 2 rings (SSSR count). The molecule has 1 unspecified atom stereocenters. The number of H-pyrrole nitrogens is 1. The number of ether oxygens (including phenoxy) is 1. The summed E-state index contributed by atoms with van der Waals surface area (Å²) >= 11 is 0. The zero-order valence-corrected chi connectivity index (χ0v) is 12.5. The highest BCUT2D eigenvalue weighted by Crippen LogP contribution is 2.20. The van der Waals surface area contributed by atoms with E-state index in [0.29, 0.717) is 5.82 Å². The Morgan fingerprint density at radius 3 is 2.57 bits per heavy atom. The first kappa shape index (κ1) is 15.0. The summed E-state index contributed by atoms with van der Waals surface area (Å²) in [7, 11) is 1.63. The smallest absolute Gasteiger partial charge is 0.291 e. The number of hydrogen-bond donors (Lipinski definition) is 2. The number of aromatic nitrogens is 3. The quantitative estimate of drug-likeness (QED) is 0.854. The van der Waals surface area contributed by atoms with Crippen molar-refractivity contribution in [3.05, 3.63) is 41.5 Å². The first-order valence-electron chi connectivity index (χ1n) is 7.04. The lowest BCUT2D eigenvalue weighted by Crippen LogP contribution is -2.29. The predicted molar refractivity (Wildman–Crippen MR) is 79.3 cm³/mol. The van der Waals surface area contributed by atoms with Crippen molar-refractivity contribution < 1.29 is 9.53 Å². The van der Waals surface area contributed by atoms with Gasteiger partial charge in [-0.2, -0.15) is 0 Å². The van der Waals surface area contributed by atoms with Crippen LogP contribution in [-0.4, -0.2) is 28.2 Å². The number of nitrogens with zero attached hydrogens (tertiary/aromatic N) is 2. The maximum absolute atomic E-state index is 12.2. The molecule has 0 aliphatic heterocycles. The lowest BCUT2D eigenvalue weighted by molar-refractivity contribution is 0.0925. The minimum Gasteiger partial charge on any atom is -0.497 e. The molecule has 6 heteroatoms. The van der Waals surface area contributed by atoms with Crippen LogP contribution in [-0.2, 0) is 6.42 Å². The van der Waals surface area contributed by atoms with Gasteiger partial charge in [0.25, 0.3) is 5.91 Å². The molecule has 0 saturated carbocycles. The van der Waals surface area contributed by atoms with Gasteiger partial charge < -0.3 is 10.1 Å². The lowest BCUT2D eigenvalue weighted by atomic mass is 10.0. The van der Waals surface area contributed by atoms with Gasteiger partial charge >= 0.3 is 0 Å². The Hall–Kier alpha value is -2.37. The monoisotopic (exact) mass is 288 g/mol. The van der Waals surface area contributed by atoms with Crippen LogP contribution in [0.5, 0.6) is 5.75 Å². The van der Waals surface area contributed by atoms with Gasteiger partial charge in [0.05, 0.1) is 13.2 Å². The van der Waals surface area contributed by atoms with E-state index in [1.165, 1.54) is 0 Å². The van der Waals surface area contributed by atoms with Gasteiger partial charge in [-0.05, 0) is 24.1 Å². The number of carbonyl (C=O) groups is 1. The van der Waals surface area contributed by atoms with Gasteiger partial charge in [0.15, 0.2) is 0 Å². The third-order valence-electron chi connectivity index (χ3n) is 3.30. The van der Waals surface area contributed by atoms with E-state index in [2.05, 4.69) is 20.5 Å². The van der Waals surface area contributed by atoms with Crippen LogP contribution in [0.25, 0.3) is 0 Å². The van der Waals surface area contributed by atoms with Gasteiger partial charge in [0, 0.05) is 6.42 Å². The van der Waals surface area contributed by atoms with E-state index in [-0.39, 0.29) is 17.8 Å². The number of aromatic amines is 1. The van der Waals surface area contributed by atoms with Crippen molar-refractivity contribution in [2.24, 2.45) is 0 Å². The molecule has 1 heterocycles. The summed E-state index contributed by atoms with van der Waals surface area (Å²) in [5, 5.41) is 9.62. The number of benzene rings is 1. The summed E-state index contributed by atoms with van der Waals surface area (Å²) in [5.41, 5.74) is 1.03. The second-order valence-corrected chi connectivity index (χ2v) is 4.67. The van der Waals surface area contributed by atoms with Crippen molar-refractivity contribution in [1.29, 1.82) is 0 Å². The number of nitrogens with one attached hydrogen (secondary N) is 2. The van der Waals surface area contributed by atoms with Crippen molar-refractivity contribution >= 4 is 5.91 Å². The van der Waals surface area contributed by atoms with Crippen LogP contribution in [0.2, 0.25) is 0 Å². The standard InChI is InChI=1S/C15H20N4O2/c1-4-12(10-6-8-11(21-3)9-7-10)16-15(20)14-17-13(5-2)18-19-14/h6-9,12H,4-5H2,1-3H3,(H,16,20)(H,17,18,19). The molecule has 21 heavy (non-hydrogen) atoms. The lowest BCUT2D eigenvalue weighted by Gasteiger charge is -2.16. The summed E-state index contributed by atoms with van der Waals surface area (Å²) in [6, 6.07) is 7.58. The minimum absolute atomic E-state index is 0.0769. The van der Waals surface area contributed by atoms with E-state index < -0.39 is 0 Å². The van der Waals surface area contributed by atoms with Gasteiger partial charge in [0.1, 0.15) is 11.6 Å². The maximum Gasteiger partial charge on any atom is 0.291 e. The largest absolute Gasteiger partial charge is 0.497 e. The first-order valence-corrected chi connectivity index (χ1v) is 7.04. The molecule has 2 N–H and O–H groups in total. The van der Waals surface area contributed by atoms with Crippen LogP contribution in [0.1, 0.15) is 48.3 Å². The van der Waals surface area contributed by atoms with Crippen LogP contribution < -0.4 is 10.1 Å². The summed E-state index contributed by atoms with van der Waals surface area (Å²) in [5.74, 6) is 1.41. The Morgan fingerprint density at radius 2 is 2.05 bits per heavy atom. The molecule has 1 aromatic carbocycles. The van der Waals surface area contributed by atoms with Gasteiger partial charge in [-0.1, -0.05) is 26.0 Å². The number of methoxy groups -OCH3 is 1. The Kier molecular flexibility index (Phi) is 4.92. The summed E-state index contributed by atoms with van der Waals surface area (Å²) in [6.45, 7) is 3.97. The second-order valence-electron chi connectivity index (χ2n) is 4.67. The number of amides is 1. The molecular formula is C15H20N4O2. The van der Waals surface area contributed by atoms with E-state index in [1.54, 1.807) is 7.11 Å². The molecule has 1 aromatic heterocycles. The fourth-order valence-corrected chi connectivity index (χ4v) is 2.04. The van der Waals surface area contributed by atoms with E-state index in [9.17, 15) is 4.79 Å². The molecule has 2 aromatic rings. The molecule has 6 nitrogen and oxygen atoms in total. The van der Waals surface area contributed by atoms with Crippen molar-refractivity contribution in [3.8, 4) is 5.75 Å². The molecule has 112 valence electrons. The first-order chi connectivity index (χ1) is 10.2. The van der Waals surface area contributed by atoms with Gasteiger partial charge in [0.2, 0.25) is 5.82 Å².